The molecule has 0 N–H and O–H groups in total. The summed E-state index contributed by atoms with van der Waals surface area (Å²) in [6.07, 6.45) is 5.92. The molecule has 0 saturated carbocycles. The lowest BCUT2D eigenvalue weighted by atomic mass is 10.0. The van der Waals surface area contributed by atoms with Crippen molar-refractivity contribution in [2.75, 3.05) is 0 Å². The van der Waals surface area contributed by atoms with Crippen molar-refractivity contribution in [3.05, 3.63) is 0 Å². The molecule has 2 bridgehead atoms. The molecule has 0 unspecified atom stereocenters. The fourth-order valence-corrected chi connectivity index (χ4v) is 3.00. The number of hydrogen-bond acceptors (Lipinski definition) is 3. The summed E-state index contributed by atoms with van der Waals surface area (Å²) in [6, 6.07) is 1.18. The zero-order valence-electron chi connectivity index (χ0n) is 11.0. The van der Waals surface area contributed by atoms with E-state index in [1.54, 1.807) is 0 Å². The molecule has 2 aliphatic heterocycles. The van der Waals surface area contributed by atoms with Crippen molar-refractivity contribution < 1.29 is 9.57 Å². The first-order chi connectivity index (χ1) is 7.56. The maximum Gasteiger partial charge on any atom is 0.0737 e. The van der Waals surface area contributed by atoms with Gasteiger partial charge in [0.2, 0.25) is 0 Å². The molecule has 0 aromatic carbocycles. The molecule has 3 heteroatoms. The SMILES string of the molecule is CC(C)O[C@H]1C[C@H]2CC[C@@H](C1)N2OC(C)C. The van der Waals surface area contributed by atoms with Gasteiger partial charge < -0.3 is 4.74 Å². The van der Waals surface area contributed by atoms with Crippen molar-refractivity contribution in [2.45, 2.75) is 83.8 Å². The number of ether oxygens (including phenoxy) is 1. The van der Waals surface area contributed by atoms with Crippen LogP contribution >= 0.6 is 0 Å². The van der Waals surface area contributed by atoms with Gasteiger partial charge in [-0.1, -0.05) is 0 Å². The molecular formula is C13H25NO2. The number of piperidine rings is 1. The van der Waals surface area contributed by atoms with E-state index < -0.39 is 0 Å². The third kappa shape index (κ3) is 2.76. The molecular weight excluding hydrogens is 202 g/mol. The van der Waals surface area contributed by atoms with Gasteiger partial charge in [-0.2, -0.15) is 5.06 Å². The standard InChI is InChI=1S/C13H25NO2/c1-9(2)15-13-7-11-5-6-12(8-13)14(11)16-10(3)4/h9-13H,5-8H2,1-4H3/t11-,12+,13+. The summed E-state index contributed by atoms with van der Waals surface area (Å²) in [5, 5.41) is 2.25. The van der Waals surface area contributed by atoms with E-state index in [0.717, 1.165) is 12.8 Å². The first kappa shape index (κ1) is 12.3. The van der Waals surface area contributed by atoms with Gasteiger partial charge >= 0.3 is 0 Å². The second kappa shape index (κ2) is 5.03. The summed E-state index contributed by atoms with van der Waals surface area (Å²) in [5.41, 5.74) is 0. The predicted molar refractivity (Wildman–Crippen MR) is 64.1 cm³/mol. The van der Waals surface area contributed by atoms with Crippen LogP contribution in [0.25, 0.3) is 0 Å². The Morgan fingerprint density at radius 1 is 0.938 bits per heavy atom. The molecule has 3 nitrogen and oxygen atoms in total. The maximum absolute atomic E-state index is 5.94. The van der Waals surface area contributed by atoms with Crippen LogP contribution in [0.4, 0.5) is 0 Å². The Balaban J connectivity index is 1.90. The molecule has 0 aliphatic carbocycles. The Bertz CT molecular complexity index is 216. The van der Waals surface area contributed by atoms with Crippen LogP contribution in [0.15, 0.2) is 0 Å². The highest BCUT2D eigenvalue weighted by Gasteiger charge is 2.42. The summed E-state index contributed by atoms with van der Waals surface area (Å²) in [4.78, 5) is 5.91. The number of rotatable bonds is 4. The molecule has 2 aliphatic rings. The van der Waals surface area contributed by atoms with Gasteiger partial charge in [-0.05, 0) is 53.4 Å². The summed E-state index contributed by atoms with van der Waals surface area (Å²) in [6.45, 7) is 8.46. The zero-order valence-corrected chi connectivity index (χ0v) is 11.0. The molecule has 94 valence electrons. The average Bonchev–Trinajstić information content (AvgIpc) is 2.43. The minimum absolute atomic E-state index is 0.297. The Labute approximate surface area is 99.0 Å². The molecule has 2 saturated heterocycles. The molecule has 0 amide bonds. The maximum atomic E-state index is 5.94. The van der Waals surface area contributed by atoms with Crippen LogP contribution in [0.2, 0.25) is 0 Å². The number of nitrogens with zero attached hydrogens (tertiary/aromatic N) is 1. The van der Waals surface area contributed by atoms with Gasteiger partial charge in [-0.25, -0.2) is 0 Å². The minimum Gasteiger partial charge on any atom is -0.375 e. The largest absolute Gasteiger partial charge is 0.375 e. The highest BCUT2D eigenvalue weighted by atomic mass is 16.7. The lowest BCUT2D eigenvalue weighted by Crippen LogP contribution is -2.46. The van der Waals surface area contributed by atoms with E-state index in [1.807, 2.05) is 0 Å². The second-order valence-electron chi connectivity index (χ2n) is 5.68. The van der Waals surface area contributed by atoms with E-state index in [-0.39, 0.29) is 0 Å². The van der Waals surface area contributed by atoms with E-state index >= 15 is 0 Å². The zero-order chi connectivity index (χ0) is 11.7. The molecule has 2 heterocycles. The lowest BCUT2D eigenvalue weighted by Gasteiger charge is -2.39. The molecule has 16 heavy (non-hydrogen) atoms. The number of fused-ring (bicyclic) bond motifs is 2. The minimum atomic E-state index is 0.297. The van der Waals surface area contributed by atoms with E-state index in [9.17, 15) is 0 Å². The van der Waals surface area contributed by atoms with Crippen molar-refractivity contribution in [1.82, 2.24) is 5.06 Å². The highest BCUT2D eigenvalue weighted by molar-refractivity contribution is 4.92. The summed E-state index contributed by atoms with van der Waals surface area (Å²) < 4.78 is 5.94. The first-order valence-electron chi connectivity index (χ1n) is 6.66. The van der Waals surface area contributed by atoms with Crippen LogP contribution in [0.1, 0.15) is 53.4 Å². The first-order valence-corrected chi connectivity index (χ1v) is 6.66. The fraction of sp³-hybridized carbons (Fsp3) is 1.00. The molecule has 0 spiro atoms. The van der Waals surface area contributed by atoms with E-state index in [2.05, 4.69) is 32.8 Å². The molecule has 2 rings (SSSR count). The molecule has 0 aromatic rings. The van der Waals surface area contributed by atoms with Gasteiger partial charge in [0.1, 0.15) is 0 Å². The third-order valence-corrected chi connectivity index (χ3v) is 3.42. The average molecular weight is 227 g/mol. The summed E-state index contributed by atoms with van der Waals surface area (Å²) in [7, 11) is 0. The van der Waals surface area contributed by atoms with Crippen LogP contribution in [0.5, 0.6) is 0 Å². The van der Waals surface area contributed by atoms with Gasteiger partial charge in [0.15, 0.2) is 0 Å². The van der Waals surface area contributed by atoms with Crippen molar-refractivity contribution in [3.63, 3.8) is 0 Å². The third-order valence-electron chi connectivity index (χ3n) is 3.42. The molecule has 0 aromatic heterocycles. The van der Waals surface area contributed by atoms with Gasteiger partial charge in [0.25, 0.3) is 0 Å². The summed E-state index contributed by atoms with van der Waals surface area (Å²) >= 11 is 0. The lowest BCUT2D eigenvalue weighted by molar-refractivity contribution is -0.242. The van der Waals surface area contributed by atoms with Crippen molar-refractivity contribution in [1.29, 1.82) is 0 Å². The van der Waals surface area contributed by atoms with Gasteiger partial charge in [0.05, 0.1) is 18.3 Å². The molecule has 0 radical (unpaired) electrons. The van der Waals surface area contributed by atoms with Crippen LogP contribution in [0.3, 0.4) is 0 Å². The van der Waals surface area contributed by atoms with Crippen LogP contribution < -0.4 is 0 Å². The molecule has 3 atom stereocenters. The van der Waals surface area contributed by atoms with Crippen LogP contribution in [-0.2, 0) is 9.57 Å². The van der Waals surface area contributed by atoms with Crippen molar-refractivity contribution in [3.8, 4) is 0 Å². The number of hydrogen-bond donors (Lipinski definition) is 0. The summed E-state index contributed by atoms with van der Waals surface area (Å²) in [5.74, 6) is 0. The second-order valence-corrected chi connectivity index (χ2v) is 5.68. The topological polar surface area (TPSA) is 21.7 Å². The Morgan fingerprint density at radius 3 is 1.94 bits per heavy atom. The van der Waals surface area contributed by atoms with E-state index in [4.69, 9.17) is 9.57 Å². The quantitative estimate of drug-likeness (QED) is 0.737. The Morgan fingerprint density at radius 2 is 1.50 bits per heavy atom. The molecule has 2 fully saturated rings. The fourth-order valence-electron chi connectivity index (χ4n) is 3.00. The normalized spacial score (nSPS) is 35.2. The van der Waals surface area contributed by atoms with E-state index in [0.29, 0.717) is 30.4 Å². The van der Waals surface area contributed by atoms with Crippen molar-refractivity contribution >= 4 is 0 Å². The van der Waals surface area contributed by atoms with Crippen LogP contribution in [-0.4, -0.2) is 35.5 Å². The highest BCUT2D eigenvalue weighted by Crippen LogP contribution is 2.37. The number of hydroxylamine groups is 2. The Hall–Kier alpha value is -0.120. The Kier molecular flexibility index (Phi) is 3.88. The van der Waals surface area contributed by atoms with Gasteiger partial charge in [-0.15, -0.1) is 0 Å². The monoisotopic (exact) mass is 227 g/mol. The van der Waals surface area contributed by atoms with Gasteiger partial charge in [-0.3, -0.25) is 4.84 Å². The van der Waals surface area contributed by atoms with E-state index in [1.165, 1.54) is 12.8 Å². The van der Waals surface area contributed by atoms with Crippen LogP contribution in [0, 0.1) is 0 Å². The smallest absolute Gasteiger partial charge is 0.0737 e. The van der Waals surface area contributed by atoms with Gasteiger partial charge in [0, 0.05) is 12.1 Å². The van der Waals surface area contributed by atoms with Crippen molar-refractivity contribution in [2.24, 2.45) is 0 Å². The predicted octanol–water partition coefficient (Wildman–Crippen LogP) is 2.75.